The lowest BCUT2D eigenvalue weighted by Crippen LogP contribution is -2.42. The van der Waals surface area contributed by atoms with Crippen LogP contribution in [0.15, 0.2) is 36.5 Å². The van der Waals surface area contributed by atoms with Crippen LogP contribution in [0, 0.1) is 12.7 Å². The lowest BCUT2D eigenvalue weighted by molar-refractivity contribution is -0.122. The third-order valence-electron chi connectivity index (χ3n) is 5.26. The zero-order chi connectivity index (χ0) is 19.3. The molecule has 0 saturated heterocycles. The molecule has 1 saturated carbocycles. The van der Waals surface area contributed by atoms with Gasteiger partial charge < -0.3 is 10.1 Å². The Bertz CT molecular complexity index is 801. The van der Waals surface area contributed by atoms with Crippen molar-refractivity contribution in [2.45, 2.75) is 57.8 Å². The Balaban J connectivity index is 1.86. The van der Waals surface area contributed by atoms with E-state index in [2.05, 4.69) is 10.3 Å². The third kappa shape index (κ3) is 4.12. The predicted octanol–water partition coefficient (Wildman–Crippen LogP) is 5.16. The summed E-state index contributed by atoms with van der Waals surface area (Å²) < 4.78 is 20.1. The highest BCUT2D eigenvalue weighted by molar-refractivity contribution is 5.99. The molecule has 0 bridgehead atoms. The van der Waals surface area contributed by atoms with Crippen LogP contribution < -0.4 is 10.1 Å². The Kier molecular flexibility index (Phi) is 6.09. The van der Waals surface area contributed by atoms with Gasteiger partial charge in [-0.25, -0.2) is 9.37 Å². The number of benzene rings is 1. The monoisotopic (exact) mass is 370 g/mol. The van der Waals surface area contributed by atoms with E-state index in [-0.39, 0.29) is 11.7 Å². The number of nitrogens with one attached hydrogen (secondary N) is 1. The highest BCUT2D eigenvalue weighted by Crippen LogP contribution is 2.41. The molecule has 1 amide bonds. The summed E-state index contributed by atoms with van der Waals surface area (Å²) in [5.74, 6) is 0.110. The smallest absolute Gasteiger partial charge is 0.235 e. The van der Waals surface area contributed by atoms with Gasteiger partial charge >= 0.3 is 0 Å². The number of anilines is 1. The molecule has 4 nitrogen and oxygen atoms in total. The first-order chi connectivity index (χ1) is 13.1. The minimum atomic E-state index is -0.825. The maximum atomic E-state index is 14.5. The van der Waals surface area contributed by atoms with E-state index in [9.17, 15) is 9.18 Å². The van der Waals surface area contributed by atoms with Gasteiger partial charge in [0.1, 0.15) is 5.82 Å². The molecule has 144 valence electrons. The van der Waals surface area contributed by atoms with Gasteiger partial charge in [-0.05, 0) is 38.3 Å². The number of carbonyl (C=O) groups excluding carboxylic acids is 1. The molecule has 1 heterocycles. The molecule has 1 aliphatic rings. The van der Waals surface area contributed by atoms with E-state index < -0.39 is 5.41 Å². The molecule has 1 fully saturated rings. The standard InChI is InChI=1S/C22H27FN2O2/c1-3-13-27-20-16(2)14-17(15-24-20)25-21(26)22(11-7-4-8-12-22)18-9-5-6-10-19(18)23/h5-6,9-10,14-15H,3-4,7-8,11-13H2,1-2H3,(H,25,26). The lowest BCUT2D eigenvalue weighted by Gasteiger charge is -2.36. The van der Waals surface area contributed by atoms with Gasteiger partial charge in [0.2, 0.25) is 11.8 Å². The molecule has 0 radical (unpaired) electrons. The average Bonchev–Trinajstić information content (AvgIpc) is 2.68. The number of rotatable bonds is 6. The van der Waals surface area contributed by atoms with Crippen molar-refractivity contribution in [1.82, 2.24) is 4.98 Å². The number of amides is 1. The van der Waals surface area contributed by atoms with Crippen molar-refractivity contribution >= 4 is 11.6 Å². The Labute approximate surface area is 160 Å². The second-order valence-corrected chi connectivity index (χ2v) is 7.27. The number of aryl methyl sites for hydroxylation is 1. The summed E-state index contributed by atoms with van der Waals surface area (Å²) in [6.45, 7) is 4.55. The lowest BCUT2D eigenvalue weighted by atomic mass is 9.68. The van der Waals surface area contributed by atoms with E-state index in [1.807, 2.05) is 19.9 Å². The van der Waals surface area contributed by atoms with Crippen LogP contribution in [0.3, 0.4) is 0 Å². The van der Waals surface area contributed by atoms with Crippen LogP contribution >= 0.6 is 0 Å². The van der Waals surface area contributed by atoms with Gasteiger partial charge in [0, 0.05) is 11.1 Å². The molecular weight excluding hydrogens is 343 g/mol. The van der Waals surface area contributed by atoms with Crippen molar-refractivity contribution in [3.05, 3.63) is 53.5 Å². The SMILES string of the molecule is CCCOc1ncc(NC(=O)C2(c3ccccc3F)CCCCC2)cc1C. The fourth-order valence-corrected chi connectivity index (χ4v) is 3.85. The average molecular weight is 370 g/mol. The van der Waals surface area contributed by atoms with Gasteiger partial charge in [-0.2, -0.15) is 0 Å². The molecule has 27 heavy (non-hydrogen) atoms. The van der Waals surface area contributed by atoms with Crippen molar-refractivity contribution in [1.29, 1.82) is 0 Å². The predicted molar refractivity (Wildman–Crippen MR) is 105 cm³/mol. The summed E-state index contributed by atoms with van der Waals surface area (Å²) in [6, 6.07) is 8.49. The molecule has 0 spiro atoms. The summed E-state index contributed by atoms with van der Waals surface area (Å²) in [5, 5.41) is 2.98. The first-order valence-corrected chi connectivity index (χ1v) is 9.73. The number of aromatic nitrogens is 1. The topological polar surface area (TPSA) is 51.2 Å². The quantitative estimate of drug-likeness (QED) is 0.764. The van der Waals surface area contributed by atoms with Crippen LogP contribution in [0.4, 0.5) is 10.1 Å². The highest BCUT2D eigenvalue weighted by atomic mass is 19.1. The number of halogens is 1. The Morgan fingerprint density at radius 2 is 2.00 bits per heavy atom. The summed E-state index contributed by atoms with van der Waals surface area (Å²) in [4.78, 5) is 17.6. The van der Waals surface area contributed by atoms with Gasteiger partial charge in [0.05, 0.1) is 23.9 Å². The summed E-state index contributed by atoms with van der Waals surface area (Å²) in [5.41, 5.74) is 1.15. The molecule has 1 aromatic heterocycles. The largest absolute Gasteiger partial charge is 0.477 e. The van der Waals surface area contributed by atoms with Gasteiger partial charge in [-0.15, -0.1) is 0 Å². The maximum absolute atomic E-state index is 14.5. The number of nitrogens with zero attached hydrogens (tertiary/aromatic N) is 1. The maximum Gasteiger partial charge on any atom is 0.235 e. The van der Waals surface area contributed by atoms with Crippen LogP contribution in [-0.2, 0) is 10.2 Å². The Morgan fingerprint density at radius 1 is 1.26 bits per heavy atom. The molecule has 1 aliphatic carbocycles. The minimum absolute atomic E-state index is 0.157. The summed E-state index contributed by atoms with van der Waals surface area (Å²) in [6.07, 6.45) is 6.74. The molecule has 2 aromatic rings. The first kappa shape index (κ1) is 19.3. The zero-order valence-electron chi connectivity index (χ0n) is 16.1. The van der Waals surface area contributed by atoms with E-state index >= 15 is 0 Å². The van der Waals surface area contributed by atoms with Crippen LogP contribution in [0.2, 0.25) is 0 Å². The second-order valence-electron chi connectivity index (χ2n) is 7.27. The van der Waals surface area contributed by atoms with Crippen molar-refractivity contribution in [3.63, 3.8) is 0 Å². The number of carbonyl (C=O) groups is 1. The summed E-state index contributed by atoms with van der Waals surface area (Å²) in [7, 11) is 0. The van der Waals surface area contributed by atoms with Gasteiger partial charge in [-0.3, -0.25) is 4.79 Å². The summed E-state index contributed by atoms with van der Waals surface area (Å²) >= 11 is 0. The number of hydrogen-bond acceptors (Lipinski definition) is 3. The van der Waals surface area contributed by atoms with Gasteiger partial charge in [0.25, 0.3) is 0 Å². The van der Waals surface area contributed by atoms with E-state index in [0.717, 1.165) is 31.2 Å². The fourth-order valence-electron chi connectivity index (χ4n) is 3.85. The molecular formula is C22H27FN2O2. The molecule has 1 N–H and O–H groups in total. The molecule has 0 aliphatic heterocycles. The van der Waals surface area contributed by atoms with E-state index in [1.165, 1.54) is 6.07 Å². The van der Waals surface area contributed by atoms with Gasteiger partial charge in [-0.1, -0.05) is 44.4 Å². The number of pyridine rings is 1. The molecule has 5 heteroatoms. The van der Waals surface area contributed by atoms with E-state index in [4.69, 9.17) is 4.74 Å². The van der Waals surface area contributed by atoms with Crippen molar-refractivity contribution in [2.75, 3.05) is 11.9 Å². The van der Waals surface area contributed by atoms with Crippen LogP contribution in [0.1, 0.15) is 56.6 Å². The van der Waals surface area contributed by atoms with E-state index in [1.54, 1.807) is 24.4 Å². The van der Waals surface area contributed by atoms with Crippen LogP contribution in [0.5, 0.6) is 5.88 Å². The third-order valence-corrected chi connectivity index (χ3v) is 5.26. The van der Waals surface area contributed by atoms with Crippen LogP contribution in [-0.4, -0.2) is 17.5 Å². The second kappa shape index (κ2) is 8.51. The highest BCUT2D eigenvalue weighted by Gasteiger charge is 2.42. The van der Waals surface area contributed by atoms with E-state index in [0.29, 0.717) is 36.6 Å². The zero-order valence-corrected chi connectivity index (χ0v) is 16.1. The normalized spacial score (nSPS) is 16.0. The van der Waals surface area contributed by atoms with Crippen molar-refractivity contribution in [3.8, 4) is 5.88 Å². The molecule has 3 rings (SSSR count). The van der Waals surface area contributed by atoms with Crippen molar-refractivity contribution in [2.24, 2.45) is 0 Å². The first-order valence-electron chi connectivity index (χ1n) is 9.73. The molecule has 0 atom stereocenters. The fraction of sp³-hybridized carbons (Fsp3) is 0.455. The minimum Gasteiger partial charge on any atom is -0.477 e. The Hall–Kier alpha value is -2.43. The Morgan fingerprint density at radius 3 is 2.67 bits per heavy atom. The van der Waals surface area contributed by atoms with Crippen molar-refractivity contribution < 1.29 is 13.9 Å². The molecule has 1 aromatic carbocycles. The molecule has 0 unspecified atom stereocenters. The van der Waals surface area contributed by atoms with Crippen LogP contribution in [0.25, 0.3) is 0 Å². The van der Waals surface area contributed by atoms with Gasteiger partial charge in [0.15, 0.2) is 0 Å². The number of ether oxygens (including phenoxy) is 1. The number of hydrogen-bond donors (Lipinski definition) is 1.